The van der Waals surface area contributed by atoms with Crippen LogP contribution in [0.1, 0.15) is 53.6 Å². The molecule has 9 heteroatoms. The molecule has 2 aliphatic heterocycles. The van der Waals surface area contributed by atoms with Gasteiger partial charge in [-0.15, -0.1) is 0 Å². The summed E-state index contributed by atoms with van der Waals surface area (Å²) in [5.74, 6) is -0.481. The summed E-state index contributed by atoms with van der Waals surface area (Å²) >= 11 is 0. The lowest BCUT2D eigenvalue weighted by atomic mass is 9.94. The molecule has 5 rings (SSSR count). The standard InChI is InChI=1S/C26H29FN2O5S/c1-26(32)8-11-29(12-9-26)10-2-3-16-13-18(27)4-7-22(16)35(33)28-21-6-5-19-20-14-17(20)15-34-24(19)23(21)25(30)31/h2-7,13,17,20,28,32H,8-12,14-15H2,1H3,(H,30,31). The molecule has 0 amide bonds. The van der Waals surface area contributed by atoms with Gasteiger partial charge in [-0.1, -0.05) is 18.2 Å². The highest BCUT2D eigenvalue weighted by atomic mass is 32.2. The molecule has 0 bridgehead atoms. The number of nitrogens with zero attached hydrogens (tertiary/aromatic N) is 1. The minimum atomic E-state index is -1.83. The lowest BCUT2D eigenvalue weighted by Crippen LogP contribution is -2.42. The monoisotopic (exact) mass is 500 g/mol. The Morgan fingerprint density at radius 2 is 2.09 bits per heavy atom. The van der Waals surface area contributed by atoms with Crippen LogP contribution in [0.15, 0.2) is 41.3 Å². The Morgan fingerprint density at radius 3 is 2.83 bits per heavy atom. The molecule has 7 nitrogen and oxygen atoms in total. The third-order valence-corrected chi connectivity index (χ3v) is 8.31. The lowest BCUT2D eigenvalue weighted by molar-refractivity contribution is -0.00242. The average Bonchev–Trinajstić information content (AvgIpc) is 3.60. The molecule has 0 spiro atoms. The zero-order valence-electron chi connectivity index (χ0n) is 19.5. The number of anilines is 1. The molecule has 35 heavy (non-hydrogen) atoms. The van der Waals surface area contributed by atoms with E-state index in [9.17, 15) is 23.6 Å². The van der Waals surface area contributed by atoms with Gasteiger partial charge in [-0.25, -0.2) is 13.4 Å². The first kappa shape index (κ1) is 24.0. The molecule has 0 radical (unpaired) electrons. The van der Waals surface area contributed by atoms with Gasteiger partial charge in [-0.3, -0.25) is 4.90 Å². The predicted molar refractivity (Wildman–Crippen MR) is 132 cm³/mol. The van der Waals surface area contributed by atoms with Crippen molar-refractivity contribution in [1.29, 1.82) is 0 Å². The molecule has 0 aromatic heterocycles. The highest BCUT2D eigenvalue weighted by Crippen LogP contribution is 2.55. The van der Waals surface area contributed by atoms with Crippen molar-refractivity contribution in [3.8, 4) is 5.75 Å². The number of carbonyl (C=O) groups is 1. The fourth-order valence-corrected chi connectivity index (χ4v) is 5.88. The molecule has 2 aromatic carbocycles. The molecular weight excluding hydrogens is 471 g/mol. The number of carboxylic acid groups (broad SMARTS) is 1. The summed E-state index contributed by atoms with van der Waals surface area (Å²) in [6.07, 6.45) is 5.99. The number of likely N-dealkylation sites (tertiary alicyclic amines) is 1. The second-order valence-corrected chi connectivity index (χ2v) is 11.1. The molecule has 1 aliphatic carbocycles. The SMILES string of the molecule is CC1(O)CCN(CC=Cc2cc(F)ccc2S(=O)Nc2ccc3c(c2C(=O)O)OCC2CC32)CC1. The van der Waals surface area contributed by atoms with Crippen LogP contribution in [0.4, 0.5) is 10.1 Å². The summed E-state index contributed by atoms with van der Waals surface area (Å²) in [5, 5.41) is 20.0. The molecule has 1 saturated heterocycles. The fraction of sp³-hybridized carbons (Fsp3) is 0.423. The topological polar surface area (TPSA) is 99.1 Å². The maximum atomic E-state index is 14.0. The number of piperidine rings is 1. The van der Waals surface area contributed by atoms with Gasteiger partial charge in [0.1, 0.15) is 17.1 Å². The molecular formula is C26H29FN2O5S. The van der Waals surface area contributed by atoms with Crippen LogP contribution in [0.3, 0.4) is 0 Å². The highest BCUT2D eigenvalue weighted by Gasteiger charge is 2.45. The smallest absolute Gasteiger partial charge is 0.341 e. The minimum Gasteiger partial charge on any atom is -0.492 e. The summed E-state index contributed by atoms with van der Waals surface area (Å²) < 4.78 is 35.9. The molecule has 2 heterocycles. The number of aromatic carboxylic acids is 1. The van der Waals surface area contributed by atoms with Crippen LogP contribution >= 0.6 is 0 Å². The summed E-state index contributed by atoms with van der Waals surface area (Å²) in [6, 6.07) is 7.47. The molecule has 186 valence electrons. The number of rotatable bonds is 7. The Bertz CT molecular complexity index is 1200. The van der Waals surface area contributed by atoms with E-state index >= 15 is 0 Å². The highest BCUT2D eigenvalue weighted by molar-refractivity contribution is 7.86. The summed E-state index contributed by atoms with van der Waals surface area (Å²) in [5.41, 5.74) is 0.885. The number of carboxylic acids is 1. The Morgan fingerprint density at radius 1 is 1.31 bits per heavy atom. The van der Waals surface area contributed by atoms with Crippen LogP contribution in [-0.4, -0.2) is 57.1 Å². The number of aliphatic hydroxyl groups is 1. The van der Waals surface area contributed by atoms with Gasteiger partial charge in [0.2, 0.25) is 0 Å². The second kappa shape index (κ2) is 9.37. The molecule has 1 saturated carbocycles. The van der Waals surface area contributed by atoms with Gasteiger partial charge >= 0.3 is 5.97 Å². The van der Waals surface area contributed by atoms with Gasteiger partial charge in [0.15, 0.2) is 11.0 Å². The fourth-order valence-electron chi connectivity index (χ4n) is 4.87. The van der Waals surface area contributed by atoms with Crippen molar-refractivity contribution in [2.45, 2.75) is 42.6 Å². The van der Waals surface area contributed by atoms with E-state index in [1.54, 1.807) is 12.1 Å². The van der Waals surface area contributed by atoms with Crippen LogP contribution in [0, 0.1) is 11.7 Å². The molecule has 3 unspecified atom stereocenters. The average molecular weight is 501 g/mol. The number of ether oxygens (including phenoxy) is 1. The van der Waals surface area contributed by atoms with Crippen LogP contribution in [0.5, 0.6) is 5.75 Å². The molecule has 3 aliphatic rings. The van der Waals surface area contributed by atoms with Gasteiger partial charge in [0.05, 0.1) is 22.8 Å². The third-order valence-electron chi connectivity index (χ3n) is 7.13. The van der Waals surface area contributed by atoms with Crippen LogP contribution < -0.4 is 9.46 Å². The van der Waals surface area contributed by atoms with Gasteiger partial charge in [0.25, 0.3) is 0 Å². The zero-order valence-corrected chi connectivity index (χ0v) is 20.3. The number of hydrogen-bond donors (Lipinski definition) is 3. The van der Waals surface area contributed by atoms with Crippen LogP contribution in [-0.2, 0) is 11.0 Å². The van der Waals surface area contributed by atoms with Gasteiger partial charge in [-0.2, -0.15) is 0 Å². The summed E-state index contributed by atoms with van der Waals surface area (Å²) in [4.78, 5) is 14.6. The van der Waals surface area contributed by atoms with E-state index in [2.05, 4.69) is 9.62 Å². The number of benzene rings is 2. The Hall–Kier alpha value is -2.75. The van der Waals surface area contributed by atoms with Gasteiger partial charge in [0, 0.05) is 25.6 Å². The summed E-state index contributed by atoms with van der Waals surface area (Å²) in [7, 11) is -1.83. The number of halogens is 1. The molecule has 3 atom stereocenters. The first-order valence-corrected chi connectivity index (χ1v) is 13.0. The van der Waals surface area contributed by atoms with E-state index in [1.165, 1.54) is 18.2 Å². The van der Waals surface area contributed by atoms with E-state index < -0.39 is 28.4 Å². The van der Waals surface area contributed by atoms with E-state index in [0.717, 1.165) is 25.1 Å². The Labute approximate surface area is 206 Å². The Kier molecular flexibility index (Phi) is 6.41. The van der Waals surface area contributed by atoms with Crippen LogP contribution in [0.25, 0.3) is 6.08 Å². The van der Waals surface area contributed by atoms with E-state index in [4.69, 9.17) is 4.74 Å². The van der Waals surface area contributed by atoms with Crippen molar-refractivity contribution in [3.63, 3.8) is 0 Å². The zero-order chi connectivity index (χ0) is 24.7. The maximum absolute atomic E-state index is 14.0. The van der Waals surface area contributed by atoms with E-state index in [1.807, 2.05) is 19.1 Å². The lowest BCUT2D eigenvalue weighted by Gasteiger charge is -2.35. The first-order chi connectivity index (χ1) is 16.7. The maximum Gasteiger partial charge on any atom is 0.341 e. The molecule has 2 aromatic rings. The van der Waals surface area contributed by atoms with Crippen molar-refractivity contribution in [2.24, 2.45) is 5.92 Å². The van der Waals surface area contributed by atoms with Crippen molar-refractivity contribution in [3.05, 3.63) is 58.9 Å². The second-order valence-electron chi connectivity index (χ2n) is 9.88. The van der Waals surface area contributed by atoms with E-state index in [-0.39, 0.29) is 11.3 Å². The van der Waals surface area contributed by atoms with Gasteiger partial charge < -0.3 is 19.7 Å². The first-order valence-electron chi connectivity index (χ1n) is 11.8. The molecule has 2 fully saturated rings. The molecule has 3 N–H and O–H groups in total. The van der Waals surface area contributed by atoms with Crippen molar-refractivity contribution in [1.82, 2.24) is 4.90 Å². The van der Waals surface area contributed by atoms with Gasteiger partial charge in [-0.05, 0) is 67.5 Å². The Balaban J connectivity index is 1.35. The quantitative estimate of drug-likeness (QED) is 0.531. The third kappa shape index (κ3) is 5.12. The summed E-state index contributed by atoms with van der Waals surface area (Å²) in [6.45, 7) is 4.49. The largest absolute Gasteiger partial charge is 0.492 e. The number of fused-ring (bicyclic) bond motifs is 3. The van der Waals surface area contributed by atoms with Crippen molar-refractivity contribution in [2.75, 3.05) is 31.0 Å². The number of hydrogen-bond acceptors (Lipinski definition) is 5. The number of nitrogens with one attached hydrogen (secondary N) is 1. The van der Waals surface area contributed by atoms with Crippen molar-refractivity contribution < 1.29 is 28.3 Å². The predicted octanol–water partition coefficient (Wildman–Crippen LogP) is 4.01. The normalized spacial score (nSPS) is 23.7. The van der Waals surface area contributed by atoms with E-state index in [0.29, 0.717) is 54.0 Å². The van der Waals surface area contributed by atoms with Crippen molar-refractivity contribution >= 4 is 28.7 Å². The minimum absolute atomic E-state index is 0.0265. The van der Waals surface area contributed by atoms with Crippen LogP contribution in [0.2, 0.25) is 0 Å².